The van der Waals surface area contributed by atoms with E-state index in [2.05, 4.69) is 9.98 Å². The minimum Gasteiger partial charge on any atom is -0.173 e. The van der Waals surface area contributed by atoms with Crippen LogP contribution in [0.2, 0.25) is 0 Å². The molecule has 1 rings (SSSR count). The molecule has 0 aromatic heterocycles. The minimum absolute atomic E-state index is 0.622. The molecule has 0 heterocycles. The highest BCUT2D eigenvalue weighted by Crippen LogP contribution is 2.30. The topological polar surface area (TPSA) is 72.3 Å². The molecule has 0 aromatic rings. The highest BCUT2D eigenvalue weighted by molar-refractivity contribution is 8.07. The van der Waals surface area contributed by atoms with Crippen molar-refractivity contribution >= 4 is 34.9 Å². The number of rotatable bonds is 2. The fourth-order valence-electron chi connectivity index (χ4n) is 1.22. The van der Waals surface area contributed by atoms with Crippen LogP contribution in [0.5, 0.6) is 0 Å². The van der Waals surface area contributed by atoms with Crippen LogP contribution in [0.15, 0.2) is 31.9 Å². The van der Waals surface area contributed by atoms with Crippen molar-refractivity contribution < 1.29 is 0 Å². The summed E-state index contributed by atoms with van der Waals surface area (Å²) in [5.41, 5.74) is 1.24. The lowest BCUT2D eigenvalue weighted by Gasteiger charge is -2.14. The second-order valence-corrected chi connectivity index (χ2v) is 4.23. The zero-order valence-electron chi connectivity index (χ0n) is 8.76. The molecule has 0 aliphatic heterocycles. The van der Waals surface area contributed by atoms with Crippen LogP contribution in [-0.2, 0) is 0 Å². The van der Waals surface area contributed by atoms with E-state index in [1.165, 1.54) is 23.5 Å². The van der Waals surface area contributed by atoms with Gasteiger partial charge in [0.05, 0.1) is 11.4 Å². The Morgan fingerprint density at radius 1 is 0.938 bits per heavy atom. The summed E-state index contributed by atoms with van der Waals surface area (Å²) < 4.78 is 0. The molecule has 0 spiro atoms. The Morgan fingerprint density at radius 3 is 1.56 bits per heavy atom. The molecule has 4 nitrogen and oxygen atoms in total. The number of allylic oxidation sites excluding steroid dienone is 4. The van der Waals surface area contributed by atoms with Gasteiger partial charge < -0.3 is 0 Å². The molecule has 0 N–H and O–H groups in total. The van der Waals surface area contributed by atoms with Crippen molar-refractivity contribution in [2.45, 2.75) is 0 Å². The molecule has 0 fully saturated rings. The van der Waals surface area contributed by atoms with E-state index in [9.17, 15) is 0 Å². The van der Waals surface area contributed by atoms with Gasteiger partial charge in [0.15, 0.2) is 0 Å². The Hall–Kier alpha value is -1.50. The van der Waals surface area contributed by atoms with Gasteiger partial charge >= 0.3 is 0 Å². The Bertz CT molecular complexity index is 442. The Labute approximate surface area is 102 Å². The lowest BCUT2D eigenvalue weighted by atomic mass is 10.1. The molecule has 16 heavy (non-hydrogen) atoms. The highest BCUT2D eigenvalue weighted by atomic mass is 32.2. The number of aliphatic imine (C=N–C) groups is 2. The summed E-state index contributed by atoms with van der Waals surface area (Å²) in [6.45, 7) is 0. The van der Waals surface area contributed by atoms with Crippen LogP contribution in [0.1, 0.15) is 0 Å². The van der Waals surface area contributed by atoms with E-state index >= 15 is 0 Å². The molecule has 1 aliphatic rings. The van der Waals surface area contributed by atoms with Gasteiger partial charge in [0, 0.05) is 9.81 Å². The number of hydrogen-bond acceptors (Lipinski definition) is 6. The van der Waals surface area contributed by atoms with Crippen molar-refractivity contribution in [1.82, 2.24) is 0 Å². The molecule has 1 aliphatic carbocycles. The number of thioether (sulfide) groups is 2. The maximum Gasteiger partial charge on any atom is 0.206 e. The van der Waals surface area contributed by atoms with Crippen molar-refractivity contribution in [1.29, 1.82) is 10.5 Å². The Kier molecular flexibility index (Phi) is 4.84. The van der Waals surface area contributed by atoms with Crippen molar-refractivity contribution in [3.8, 4) is 12.4 Å². The van der Waals surface area contributed by atoms with Gasteiger partial charge in [-0.25, -0.2) is 0 Å². The number of hydrogen-bond donors (Lipinski definition) is 0. The molecule has 0 amide bonds. The zero-order chi connectivity index (χ0) is 12.0. The van der Waals surface area contributed by atoms with Gasteiger partial charge in [-0.3, -0.25) is 0 Å². The maximum atomic E-state index is 8.57. The Morgan fingerprint density at radius 2 is 1.31 bits per heavy atom. The summed E-state index contributed by atoms with van der Waals surface area (Å²) >= 11 is 2.98. The second kappa shape index (κ2) is 6.16. The van der Waals surface area contributed by atoms with E-state index in [0.29, 0.717) is 11.4 Å². The molecule has 0 radical (unpaired) electrons. The van der Waals surface area contributed by atoms with Gasteiger partial charge in [0.25, 0.3) is 0 Å². The van der Waals surface area contributed by atoms with Crippen LogP contribution in [-0.4, -0.2) is 23.9 Å². The normalized spacial score (nSPS) is 20.0. The first-order chi connectivity index (χ1) is 7.78. The summed E-state index contributed by atoms with van der Waals surface area (Å²) in [4.78, 5) is 9.23. The van der Waals surface area contributed by atoms with Gasteiger partial charge in [0.1, 0.15) is 0 Å². The smallest absolute Gasteiger partial charge is 0.173 e. The average Bonchev–Trinajstić information content (AvgIpc) is 2.31. The molecule has 6 heteroatoms. The third kappa shape index (κ3) is 2.54. The summed E-state index contributed by atoms with van der Waals surface area (Å²) in [7, 11) is 0. The molecular weight excluding hydrogens is 240 g/mol. The van der Waals surface area contributed by atoms with E-state index in [4.69, 9.17) is 10.5 Å². The molecule has 0 saturated heterocycles. The fourth-order valence-corrected chi connectivity index (χ4v) is 2.95. The van der Waals surface area contributed by atoms with Crippen LogP contribution in [0.3, 0.4) is 0 Å². The molecule has 0 aromatic carbocycles. The summed E-state index contributed by atoms with van der Waals surface area (Å²) in [6, 6.07) is 0. The van der Waals surface area contributed by atoms with Gasteiger partial charge in [-0.05, 0) is 24.7 Å². The first kappa shape index (κ1) is 12.6. The van der Waals surface area contributed by atoms with Crippen LogP contribution < -0.4 is 0 Å². The van der Waals surface area contributed by atoms with Crippen molar-refractivity contribution in [2.75, 3.05) is 12.5 Å². The summed E-state index contributed by atoms with van der Waals surface area (Å²) in [5, 5.41) is 17.1. The van der Waals surface area contributed by atoms with Gasteiger partial charge in [-0.2, -0.15) is 20.5 Å². The third-order valence-electron chi connectivity index (χ3n) is 1.82. The quantitative estimate of drug-likeness (QED) is 0.555. The first-order valence-corrected chi connectivity index (χ1v) is 6.68. The predicted octanol–water partition coefficient (Wildman–Crippen LogP) is 2.34. The molecule has 0 atom stereocenters. The average molecular weight is 248 g/mol. The van der Waals surface area contributed by atoms with Crippen LogP contribution in [0.25, 0.3) is 0 Å². The molecular formula is C10H8N4S2. The maximum absolute atomic E-state index is 8.57. The highest BCUT2D eigenvalue weighted by Gasteiger charge is 2.18. The number of nitriles is 2. The summed E-state index contributed by atoms with van der Waals surface area (Å²) in [5.74, 6) is 0. The predicted molar refractivity (Wildman–Crippen MR) is 69.3 cm³/mol. The first-order valence-electron chi connectivity index (χ1n) is 4.23. The SMILES string of the molecule is CSC1=C(SC)C(=NC#N)C=CC1=NC#N. The van der Waals surface area contributed by atoms with E-state index in [1.54, 1.807) is 24.5 Å². The van der Waals surface area contributed by atoms with Crippen molar-refractivity contribution in [2.24, 2.45) is 9.98 Å². The van der Waals surface area contributed by atoms with E-state index < -0.39 is 0 Å². The van der Waals surface area contributed by atoms with Crippen LogP contribution >= 0.6 is 23.5 Å². The Balaban J connectivity index is 3.33. The van der Waals surface area contributed by atoms with E-state index in [1.807, 2.05) is 12.5 Å². The largest absolute Gasteiger partial charge is 0.206 e. The lowest BCUT2D eigenvalue weighted by Crippen LogP contribution is -2.11. The van der Waals surface area contributed by atoms with Crippen molar-refractivity contribution in [3.63, 3.8) is 0 Å². The fraction of sp³-hybridized carbons (Fsp3) is 0.200. The van der Waals surface area contributed by atoms with Gasteiger partial charge in [0.2, 0.25) is 12.4 Å². The zero-order valence-corrected chi connectivity index (χ0v) is 10.4. The standard InChI is InChI=1S/C10H8N4S2/c1-15-9-7(13-5-11)3-4-8(14-6-12)10(9)16-2/h3-4H,1-2H3. The molecule has 80 valence electrons. The third-order valence-corrected chi connectivity index (χ3v) is 3.59. The lowest BCUT2D eigenvalue weighted by molar-refractivity contribution is 1.43. The molecule has 0 bridgehead atoms. The van der Waals surface area contributed by atoms with Gasteiger partial charge in [-0.1, -0.05) is 0 Å². The van der Waals surface area contributed by atoms with Crippen molar-refractivity contribution in [3.05, 3.63) is 22.0 Å². The monoisotopic (exact) mass is 248 g/mol. The minimum atomic E-state index is 0.622. The summed E-state index contributed by atoms with van der Waals surface area (Å²) in [6.07, 6.45) is 10.7. The number of nitrogens with zero attached hydrogens (tertiary/aromatic N) is 4. The van der Waals surface area contributed by atoms with E-state index in [0.717, 1.165) is 9.81 Å². The van der Waals surface area contributed by atoms with Crippen LogP contribution in [0.4, 0.5) is 0 Å². The van der Waals surface area contributed by atoms with Gasteiger partial charge in [-0.15, -0.1) is 23.5 Å². The molecule has 0 saturated carbocycles. The second-order valence-electron chi connectivity index (χ2n) is 2.59. The van der Waals surface area contributed by atoms with E-state index in [-0.39, 0.29) is 0 Å². The molecule has 0 unspecified atom stereocenters. The van der Waals surface area contributed by atoms with Crippen LogP contribution in [0, 0.1) is 22.9 Å².